The Balaban J connectivity index is 2.02. The summed E-state index contributed by atoms with van der Waals surface area (Å²) in [6.07, 6.45) is 3.67. The molecule has 0 radical (unpaired) electrons. The van der Waals surface area contributed by atoms with Crippen LogP contribution in [0.5, 0.6) is 0 Å². The molecule has 1 aromatic carbocycles. The average Bonchev–Trinajstić information content (AvgIpc) is 2.72. The lowest BCUT2D eigenvalue weighted by molar-refractivity contribution is 0.745. The van der Waals surface area contributed by atoms with E-state index in [1.807, 2.05) is 17.4 Å². The number of benzene rings is 1. The van der Waals surface area contributed by atoms with Crippen LogP contribution in [0.1, 0.15) is 18.5 Å². The summed E-state index contributed by atoms with van der Waals surface area (Å²) in [5, 5.41) is 2.52. The molecular formula is C14H16N2S. The van der Waals surface area contributed by atoms with Crippen molar-refractivity contribution >= 4 is 16.3 Å². The molecule has 1 aromatic heterocycles. The van der Waals surface area contributed by atoms with Crippen molar-refractivity contribution in [3.63, 3.8) is 0 Å². The Hall–Kier alpha value is -1.35. The number of thiazole rings is 1. The van der Waals surface area contributed by atoms with Crippen molar-refractivity contribution in [3.05, 3.63) is 36.0 Å². The monoisotopic (exact) mass is 244 g/mol. The molecule has 0 unspecified atom stereocenters. The first-order valence-corrected chi connectivity index (χ1v) is 6.92. The first-order chi connectivity index (χ1) is 8.34. The Morgan fingerprint density at radius 1 is 1.18 bits per heavy atom. The highest BCUT2D eigenvalue weighted by Gasteiger charge is 2.18. The summed E-state index contributed by atoms with van der Waals surface area (Å²) >= 11 is 1.82. The Labute approximate surface area is 106 Å². The van der Waals surface area contributed by atoms with Crippen LogP contribution in [0.4, 0.5) is 5.00 Å². The van der Waals surface area contributed by atoms with E-state index in [-0.39, 0.29) is 0 Å². The molecule has 3 heteroatoms. The predicted molar refractivity (Wildman–Crippen MR) is 73.8 cm³/mol. The van der Waals surface area contributed by atoms with Crippen molar-refractivity contribution in [2.45, 2.75) is 19.3 Å². The van der Waals surface area contributed by atoms with Crippen LogP contribution in [0, 0.1) is 0 Å². The maximum Gasteiger partial charge on any atom is 0.125 e. The van der Waals surface area contributed by atoms with Crippen molar-refractivity contribution in [2.24, 2.45) is 0 Å². The first-order valence-electron chi connectivity index (χ1n) is 6.11. The lowest BCUT2D eigenvalue weighted by Crippen LogP contribution is -2.16. The van der Waals surface area contributed by atoms with E-state index in [9.17, 15) is 0 Å². The molecule has 2 nitrogen and oxygen atoms in total. The van der Waals surface area contributed by atoms with Gasteiger partial charge in [-0.25, -0.2) is 4.98 Å². The highest BCUT2D eigenvalue weighted by atomic mass is 32.1. The highest BCUT2D eigenvalue weighted by molar-refractivity contribution is 7.19. The zero-order valence-corrected chi connectivity index (χ0v) is 10.8. The van der Waals surface area contributed by atoms with E-state index in [4.69, 9.17) is 4.98 Å². The Morgan fingerprint density at radius 3 is 2.82 bits per heavy atom. The van der Waals surface area contributed by atoms with Crippen LogP contribution < -0.4 is 4.90 Å². The molecule has 0 atom stereocenters. The van der Waals surface area contributed by atoms with Crippen LogP contribution in [0.2, 0.25) is 0 Å². The fourth-order valence-electron chi connectivity index (χ4n) is 2.25. The second-order valence-electron chi connectivity index (χ2n) is 4.52. The topological polar surface area (TPSA) is 16.1 Å². The first kappa shape index (κ1) is 10.8. The van der Waals surface area contributed by atoms with Gasteiger partial charge in [-0.3, -0.25) is 0 Å². The number of hydrogen-bond acceptors (Lipinski definition) is 3. The minimum atomic E-state index is 1.13. The largest absolute Gasteiger partial charge is 0.365 e. The zero-order valence-electron chi connectivity index (χ0n) is 10.0. The summed E-state index contributed by atoms with van der Waals surface area (Å²) < 4.78 is 0. The van der Waals surface area contributed by atoms with Crippen LogP contribution in [0.15, 0.2) is 30.3 Å². The molecule has 1 aliphatic rings. The third kappa shape index (κ3) is 2.07. The molecule has 0 saturated heterocycles. The second kappa shape index (κ2) is 4.49. The van der Waals surface area contributed by atoms with Gasteiger partial charge in [0.05, 0.1) is 5.69 Å². The molecule has 0 saturated carbocycles. The van der Waals surface area contributed by atoms with Gasteiger partial charge in [0.15, 0.2) is 0 Å². The van der Waals surface area contributed by atoms with Gasteiger partial charge in [0, 0.05) is 19.2 Å². The number of fused-ring (bicyclic) bond motifs is 1. The van der Waals surface area contributed by atoms with Gasteiger partial charge in [-0.2, -0.15) is 0 Å². The van der Waals surface area contributed by atoms with E-state index in [1.54, 1.807) is 0 Å². The molecule has 17 heavy (non-hydrogen) atoms. The van der Waals surface area contributed by atoms with E-state index in [1.165, 1.54) is 29.1 Å². The summed E-state index contributed by atoms with van der Waals surface area (Å²) in [7, 11) is 2.18. The Kier molecular flexibility index (Phi) is 2.85. The molecule has 3 rings (SSSR count). The van der Waals surface area contributed by atoms with Crippen molar-refractivity contribution < 1.29 is 0 Å². The van der Waals surface area contributed by atoms with Crippen molar-refractivity contribution in [3.8, 4) is 10.6 Å². The van der Waals surface area contributed by atoms with Crippen molar-refractivity contribution in [1.29, 1.82) is 0 Å². The van der Waals surface area contributed by atoms with Crippen LogP contribution in [-0.2, 0) is 6.42 Å². The molecule has 2 heterocycles. The van der Waals surface area contributed by atoms with Gasteiger partial charge in [0.25, 0.3) is 0 Å². The normalized spacial score (nSPS) is 15.5. The Morgan fingerprint density at radius 2 is 2.00 bits per heavy atom. The van der Waals surface area contributed by atoms with Gasteiger partial charge in [0.1, 0.15) is 10.0 Å². The zero-order chi connectivity index (χ0) is 11.7. The average molecular weight is 244 g/mol. The minimum absolute atomic E-state index is 1.13. The lowest BCUT2D eigenvalue weighted by atomic mass is 10.2. The predicted octanol–water partition coefficient (Wildman–Crippen LogP) is 3.58. The SMILES string of the molecule is CN1CCCCc2nc(-c3ccccc3)sc21. The summed E-state index contributed by atoms with van der Waals surface area (Å²) in [4.78, 5) is 7.16. The number of nitrogens with zero attached hydrogens (tertiary/aromatic N) is 2. The quantitative estimate of drug-likeness (QED) is 0.762. The van der Waals surface area contributed by atoms with Crippen LogP contribution in [0.25, 0.3) is 10.6 Å². The fraction of sp³-hybridized carbons (Fsp3) is 0.357. The molecule has 0 spiro atoms. The van der Waals surface area contributed by atoms with Gasteiger partial charge < -0.3 is 4.90 Å². The maximum atomic E-state index is 4.81. The molecular weight excluding hydrogens is 228 g/mol. The van der Waals surface area contributed by atoms with Gasteiger partial charge in [-0.15, -0.1) is 0 Å². The lowest BCUT2D eigenvalue weighted by Gasteiger charge is -2.14. The minimum Gasteiger partial charge on any atom is -0.365 e. The molecule has 0 amide bonds. The molecule has 0 aliphatic carbocycles. The van der Waals surface area contributed by atoms with E-state index in [2.05, 4.69) is 36.2 Å². The van der Waals surface area contributed by atoms with Crippen LogP contribution >= 0.6 is 11.3 Å². The number of hydrogen-bond donors (Lipinski definition) is 0. The summed E-state index contributed by atoms with van der Waals surface area (Å²) in [5.74, 6) is 0. The van der Waals surface area contributed by atoms with Gasteiger partial charge >= 0.3 is 0 Å². The Bertz CT molecular complexity index is 504. The van der Waals surface area contributed by atoms with Gasteiger partial charge in [-0.1, -0.05) is 41.7 Å². The van der Waals surface area contributed by atoms with Gasteiger partial charge in [0.2, 0.25) is 0 Å². The van der Waals surface area contributed by atoms with E-state index < -0.39 is 0 Å². The third-order valence-corrected chi connectivity index (χ3v) is 4.46. The van der Waals surface area contributed by atoms with Crippen molar-refractivity contribution in [1.82, 2.24) is 4.98 Å². The van der Waals surface area contributed by atoms with Gasteiger partial charge in [-0.05, 0) is 19.3 Å². The number of aryl methyl sites for hydroxylation is 1. The number of aromatic nitrogens is 1. The molecule has 0 bridgehead atoms. The molecule has 1 aliphatic heterocycles. The van der Waals surface area contributed by atoms with E-state index in [0.29, 0.717) is 0 Å². The molecule has 0 N–H and O–H groups in total. The van der Waals surface area contributed by atoms with Crippen molar-refractivity contribution in [2.75, 3.05) is 18.5 Å². The standard InChI is InChI=1S/C14H16N2S/c1-16-10-6-5-9-12-14(16)17-13(15-12)11-7-3-2-4-8-11/h2-4,7-8H,5-6,9-10H2,1H3. The fourth-order valence-corrected chi connectivity index (χ4v) is 3.36. The smallest absolute Gasteiger partial charge is 0.125 e. The number of anilines is 1. The van der Waals surface area contributed by atoms with E-state index in [0.717, 1.165) is 18.0 Å². The van der Waals surface area contributed by atoms with Crippen LogP contribution in [0.3, 0.4) is 0 Å². The molecule has 0 fully saturated rings. The molecule has 2 aromatic rings. The molecule has 88 valence electrons. The summed E-state index contributed by atoms with van der Waals surface area (Å²) in [5.41, 5.74) is 2.52. The third-order valence-electron chi connectivity index (χ3n) is 3.20. The highest BCUT2D eigenvalue weighted by Crippen LogP contribution is 2.36. The summed E-state index contributed by atoms with van der Waals surface area (Å²) in [6, 6.07) is 10.5. The van der Waals surface area contributed by atoms with E-state index >= 15 is 0 Å². The maximum absolute atomic E-state index is 4.81. The summed E-state index contributed by atoms with van der Waals surface area (Å²) in [6.45, 7) is 1.16. The second-order valence-corrected chi connectivity index (χ2v) is 5.49. The number of rotatable bonds is 1. The van der Waals surface area contributed by atoms with Crippen LogP contribution in [-0.4, -0.2) is 18.6 Å².